The molecule has 0 saturated carbocycles. The lowest BCUT2D eigenvalue weighted by Crippen LogP contribution is -2.28. The topological polar surface area (TPSA) is 0 Å². The Bertz CT molecular complexity index is 597. The zero-order chi connectivity index (χ0) is 16.4. The molecule has 0 radical (unpaired) electrons. The van der Waals surface area contributed by atoms with Gasteiger partial charge in [0.1, 0.15) is 0 Å². The number of hydrogen-bond donors (Lipinski definition) is 0. The van der Waals surface area contributed by atoms with Crippen LogP contribution in [0.15, 0.2) is 54.1 Å². The third kappa shape index (κ3) is 3.11. The Labute approximate surface area is 136 Å². The van der Waals surface area contributed by atoms with Gasteiger partial charge in [0.15, 0.2) is 0 Å². The first kappa shape index (κ1) is 16.8. The summed E-state index contributed by atoms with van der Waals surface area (Å²) in [5, 5.41) is 0. The van der Waals surface area contributed by atoms with Crippen molar-refractivity contribution in [3.8, 4) is 0 Å². The summed E-state index contributed by atoms with van der Waals surface area (Å²) in [6.45, 7) is 18.1. The van der Waals surface area contributed by atoms with Gasteiger partial charge in [-0.3, -0.25) is 0 Å². The highest BCUT2D eigenvalue weighted by Crippen LogP contribution is 2.43. The van der Waals surface area contributed by atoms with Crippen molar-refractivity contribution >= 4 is 5.57 Å². The number of benzene rings is 1. The maximum Gasteiger partial charge on any atom is -0.0159 e. The Balaban J connectivity index is 2.38. The molecule has 118 valence electrons. The van der Waals surface area contributed by atoms with Crippen molar-refractivity contribution in [1.29, 1.82) is 0 Å². The minimum absolute atomic E-state index is 0.583. The Kier molecular flexibility index (Phi) is 5.11. The Hall–Kier alpha value is -1.56. The standard InChI is InChI=1S/C22H30/c1-8-21(19(7)20-11-9-14(2)10-12-20)22-13-15(3)16(4)17(5)18(22)6/h8-13,15-18H,7H2,1-6H3. The van der Waals surface area contributed by atoms with Crippen LogP contribution in [0.25, 0.3) is 5.57 Å². The van der Waals surface area contributed by atoms with E-state index in [9.17, 15) is 0 Å². The average molecular weight is 294 g/mol. The third-order valence-corrected chi connectivity index (χ3v) is 5.71. The van der Waals surface area contributed by atoms with Crippen LogP contribution in [0.5, 0.6) is 0 Å². The summed E-state index contributed by atoms with van der Waals surface area (Å²) < 4.78 is 0. The van der Waals surface area contributed by atoms with Crippen molar-refractivity contribution in [2.24, 2.45) is 23.7 Å². The predicted molar refractivity (Wildman–Crippen MR) is 98.7 cm³/mol. The van der Waals surface area contributed by atoms with Crippen LogP contribution in [-0.2, 0) is 0 Å². The molecule has 2 rings (SSSR count). The second-order valence-electron chi connectivity index (χ2n) is 7.03. The molecular formula is C22H30. The summed E-state index contributed by atoms with van der Waals surface area (Å²) >= 11 is 0. The first-order chi connectivity index (χ1) is 10.4. The van der Waals surface area contributed by atoms with Gasteiger partial charge in [0.2, 0.25) is 0 Å². The van der Waals surface area contributed by atoms with Gasteiger partial charge in [-0.2, -0.15) is 0 Å². The van der Waals surface area contributed by atoms with Crippen LogP contribution in [0.2, 0.25) is 0 Å². The molecule has 4 unspecified atom stereocenters. The molecule has 0 heteroatoms. The molecule has 0 N–H and O–H groups in total. The van der Waals surface area contributed by atoms with E-state index in [2.05, 4.69) is 84.5 Å². The molecule has 1 aliphatic carbocycles. The molecule has 22 heavy (non-hydrogen) atoms. The molecule has 0 aromatic heterocycles. The number of rotatable bonds is 3. The largest absolute Gasteiger partial charge is 0.0906 e. The van der Waals surface area contributed by atoms with Gasteiger partial charge < -0.3 is 0 Å². The molecule has 0 nitrogen and oxygen atoms in total. The van der Waals surface area contributed by atoms with E-state index < -0.39 is 0 Å². The monoisotopic (exact) mass is 294 g/mol. The summed E-state index contributed by atoms with van der Waals surface area (Å²) in [7, 11) is 0. The molecular weight excluding hydrogens is 264 g/mol. The van der Waals surface area contributed by atoms with Gasteiger partial charge in [-0.25, -0.2) is 0 Å². The number of hydrogen-bond acceptors (Lipinski definition) is 0. The van der Waals surface area contributed by atoms with Crippen LogP contribution >= 0.6 is 0 Å². The first-order valence-electron chi connectivity index (χ1n) is 8.51. The highest BCUT2D eigenvalue weighted by Gasteiger charge is 2.31. The second kappa shape index (κ2) is 6.69. The SMILES string of the molecule is C=C(C(=CC)C1=CC(C)C(C)C(C)C1C)c1ccc(C)cc1. The fourth-order valence-corrected chi connectivity index (χ4v) is 3.56. The second-order valence-corrected chi connectivity index (χ2v) is 7.03. The highest BCUT2D eigenvalue weighted by atomic mass is 14.4. The summed E-state index contributed by atoms with van der Waals surface area (Å²) in [5.74, 6) is 2.65. The van der Waals surface area contributed by atoms with Crippen molar-refractivity contribution in [1.82, 2.24) is 0 Å². The van der Waals surface area contributed by atoms with Crippen molar-refractivity contribution in [2.45, 2.75) is 41.5 Å². The molecule has 0 saturated heterocycles. The van der Waals surface area contributed by atoms with Crippen LogP contribution in [0, 0.1) is 30.6 Å². The third-order valence-electron chi connectivity index (χ3n) is 5.71. The van der Waals surface area contributed by atoms with Crippen molar-refractivity contribution in [2.75, 3.05) is 0 Å². The van der Waals surface area contributed by atoms with Crippen LogP contribution in [0.1, 0.15) is 45.7 Å². The minimum atomic E-state index is 0.583. The van der Waals surface area contributed by atoms with E-state index in [1.165, 1.54) is 22.3 Å². The molecule has 1 aromatic rings. The van der Waals surface area contributed by atoms with E-state index in [1.807, 2.05) is 0 Å². The van der Waals surface area contributed by atoms with Gasteiger partial charge in [0.25, 0.3) is 0 Å². The van der Waals surface area contributed by atoms with E-state index in [0.29, 0.717) is 17.8 Å². The van der Waals surface area contributed by atoms with Crippen LogP contribution in [-0.4, -0.2) is 0 Å². The van der Waals surface area contributed by atoms with Crippen LogP contribution in [0.4, 0.5) is 0 Å². The van der Waals surface area contributed by atoms with Gasteiger partial charge in [-0.1, -0.05) is 76.3 Å². The zero-order valence-corrected chi connectivity index (χ0v) is 15.0. The predicted octanol–water partition coefficient (Wildman–Crippen LogP) is 6.44. The summed E-state index contributed by atoms with van der Waals surface area (Å²) in [6.07, 6.45) is 4.71. The summed E-state index contributed by atoms with van der Waals surface area (Å²) in [5.41, 5.74) is 6.47. The molecule has 0 amide bonds. The Morgan fingerprint density at radius 2 is 1.59 bits per heavy atom. The van der Waals surface area contributed by atoms with Crippen LogP contribution in [0.3, 0.4) is 0 Å². The van der Waals surface area contributed by atoms with Gasteiger partial charge in [0.05, 0.1) is 0 Å². The molecule has 0 fully saturated rings. The molecule has 1 aliphatic rings. The van der Waals surface area contributed by atoms with Gasteiger partial charge in [0, 0.05) is 0 Å². The normalized spacial score (nSPS) is 29.2. The van der Waals surface area contributed by atoms with E-state index in [0.717, 1.165) is 11.5 Å². The highest BCUT2D eigenvalue weighted by molar-refractivity contribution is 5.82. The fourth-order valence-electron chi connectivity index (χ4n) is 3.56. The molecule has 0 spiro atoms. The molecule has 1 aromatic carbocycles. The van der Waals surface area contributed by atoms with Crippen molar-refractivity contribution < 1.29 is 0 Å². The Morgan fingerprint density at radius 1 is 1.00 bits per heavy atom. The lowest BCUT2D eigenvalue weighted by Gasteiger charge is -2.37. The van der Waals surface area contributed by atoms with Gasteiger partial charge >= 0.3 is 0 Å². The van der Waals surface area contributed by atoms with Gasteiger partial charge in [-0.05, 0) is 59.8 Å². The molecule has 4 atom stereocenters. The smallest absolute Gasteiger partial charge is 0.0159 e. The number of allylic oxidation sites excluding steroid dienone is 5. The Morgan fingerprint density at radius 3 is 2.14 bits per heavy atom. The van der Waals surface area contributed by atoms with E-state index >= 15 is 0 Å². The van der Waals surface area contributed by atoms with E-state index in [1.54, 1.807) is 0 Å². The molecule has 0 bridgehead atoms. The van der Waals surface area contributed by atoms with Crippen molar-refractivity contribution in [3.63, 3.8) is 0 Å². The molecule has 0 heterocycles. The zero-order valence-electron chi connectivity index (χ0n) is 15.0. The lowest BCUT2D eigenvalue weighted by molar-refractivity contribution is 0.241. The lowest BCUT2D eigenvalue weighted by atomic mass is 9.67. The quantitative estimate of drug-likeness (QED) is 0.563. The van der Waals surface area contributed by atoms with E-state index in [4.69, 9.17) is 0 Å². The summed E-state index contributed by atoms with van der Waals surface area (Å²) in [6, 6.07) is 8.70. The number of aryl methyl sites for hydroxylation is 1. The summed E-state index contributed by atoms with van der Waals surface area (Å²) in [4.78, 5) is 0. The van der Waals surface area contributed by atoms with Crippen LogP contribution < -0.4 is 0 Å². The maximum atomic E-state index is 4.40. The average Bonchev–Trinajstić information content (AvgIpc) is 2.51. The maximum absolute atomic E-state index is 4.40. The minimum Gasteiger partial charge on any atom is -0.0906 e. The molecule has 0 aliphatic heterocycles. The van der Waals surface area contributed by atoms with E-state index in [-0.39, 0.29) is 0 Å². The first-order valence-corrected chi connectivity index (χ1v) is 8.51. The van der Waals surface area contributed by atoms with Gasteiger partial charge in [-0.15, -0.1) is 0 Å². The fraction of sp³-hybridized carbons (Fsp3) is 0.455. The van der Waals surface area contributed by atoms with Crippen molar-refractivity contribution in [3.05, 3.63) is 65.3 Å².